The second kappa shape index (κ2) is 15.9. The van der Waals surface area contributed by atoms with Gasteiger partial charge in [-0.1, -0.05) is 135 Å². The van der Waals surface area contributed by atoms with E-state index < -0.39 is 22.0 Å². The van der Waals surface area contributed by atoms with Gasteiger partial charge in [-0.3, -0.25) is 4.79 Å². The van der Waals surface area contributed by atoms with Crippen molar-refractivity contribution in [1.29, 1.82) is 10.5 Å². The molecule has 0 saturated carbocycles. The number of carbonyl (C=O) groups is 1. The second-order valence-corrected chi connectivity index (χ2v) is 11.3. The van der Waals surface area contributed by atoms with Gasteiger partial charge in [-0.2, -0.15) is 10.5 Å². The van der Waals surface area contributed by atoms with Crippen LogP contribution in [0, 0.1) is 34.5 Å². The molecule has 0 radical (unpaired) electrons. The maximum Gasteiger partial charge on any atom is 0.227 e. The van der Waals surface area contributed by atoms with E-state index in [-0.39, 0.29) is 5.92 Å². The van der Waals surface area contributed by atoms with Gasteiger partial charge in [0.05, 0.1) is 18.1 Å². The second-order valence-electron chi connectivity index (χ2n) is 10.9. The molecule has 2 unspecified atom stereocenters. The van der Waals surface area contributed by atoms with E-state index in [0.29, 0.717) is 6.42 Å². The largest absolute Gasteiger partial charge is 0.309 e. The fourth-order valence-corrected chi connectivity index (χ4v) is 6.41. The lowest BCUT2D eigenvalue weighted by Crippen LogP contribution is -2.40. The van der Waals surface area contributed by atoms with Crippen molar-refractivity contribution < 1.29 is 4.79 Å². The van der Waals surface area contributed by atoms with E-state index in [9.17, 15) is 15.3 Å². The van der Waals surface area contributed by atoms with E-state index >= 15 is 0 Å². The summed E-state index contributed by atoms with van der Waals surface area (Å²) in [5, 5.41) is 19.7. The van der Waals surface area contributed by atoms with Crippen molar-refractivity contribution >= 4 is 16.8 Å². The monoisotopic (exact) mass is 589 g/mol. The average molecular weight is 590 g/mol. The molecule has 0 heterocycles. The minimum absolute atomic E-state index is 0.234. The molecule has 0 amide bonds. The van der Waals surface area contributed by atoms with Crippen molar-refractivity contribution in [3.63, 3.8) is 0 Å². The maximum atomic E-state index is 11.9. The Morgan fingerprint density at radius 1 is 0.651 bits per heavy atom. The molecule has 0 aromatic heterocycles. The fourth-order valence-electron chi connectivity index (χ4n) is 6.09. The Balaban J connectivity index is 0.000000236. The SMILES string of the molecule is CCC(C(=O)Cl)C(C#N)(c1ccccc1)c1ccccc1.CCC(CN(C)C)C(C#N)(c1ccccc1)c1ccccc1. The van der Waals surface area contributed by atoms with Crippen LogP contribution in [0.4, 0.5) is 0 Å². The van der Waals surface area contributed by atoms with Crippen LogP contribution < -0.4 is 0 Å². The molecule has 0 spiro atoms. The van der Waals surface area contributed by atoms with Crippen LogP contribution in [0.2, 0.25) is 0 Å². The molecule has 220 valence electrons. The fraction of sp³-hybridized carbons (Fsp3) is 0.289. The maximum absolute atomic E-state index is 11.9. The van der Waals surface area contributed by atoms with Crippen LogP contribution in [-0.4, -0.2) is 30.8 Å². The van der Waals surface area contributed by atoms with Crippen LogP contribution in [0.1, 0.15) is 48.9 Å². The molecule has 43 heavy (non-hydrogen) atoms. The average Bonchev–Trinajstić information content (AvgIpc) is 3.05. The first kappa shape index (κ1) is 33.3. The van der Waals surface area contributed by atoms with Crippen LogP contribution in [0.15, 0.2) is 121 Å². The summed E-state index contributed by atoms with van der Waals surface area (Å²) < 4.78 is 0. The zero-order valence-electron chi connectivity index (χ0n) is 25.5. The van der Waals surface area contributed by atoms with Crippen molar-refractivity contribution in [3.05, 3.63) is 144 Å². The summed E-state index contributed by atoms with van der Waals surface area (Å²) in [6.07, 6.45) is 1.45. The van der Waals surface area contributed by atoms with Gasteiger partial charge in [0, 0.05) is 6.54 Å². The van der Waals surface area contributed by atoms with Gasteiger partial charge in [-0.05, 0) is 66.7 Å². The van der Waals surface area contributed by atoms with Crippen LogP contribution in [-0.2, 0) is 15.6 Å². The Labute approximate surface area is 262 Å². The molecule has 4 aromatic rings. The summed E-state index contributed by atoms with van der Waals surface area (Å²) in [6.45, 7) is 4.93. The van der Waals surface area contributed by atoms with Gasteiger partial charge in [0.25, 0.3) is 0 Å². The molecule has 4 aromatic carbocycles. The van der Waals surface area contributed by atoms with Gasteiger partial charge in [-0.25, -0.2) is 0 Å². The number of carbonyl (C=O) groups excluding carboxylic acids is 1. The highest BCUT2D eigenvalue weighted by molar-refractivity contribution is 6.64. The van der Waals surface area contributed by atoms with Gasteiger partial charge in [-0.15, -0.1) is 0 Å². The molecule has 4 nitrogen and oxygen atoms in total. The van der Waals surface area contributed by atoms with E-state index in [1.54, 1.807) is 0 Å². The molecule has 0 bridgehead atoms. The minimum atomic E-state index is -1.06. The van der Waals surface area contributed by atoms with E-state index in [4.69, 9.17) is 11.6 Å². The number of halogens is 1. The van der Waals surface area contributed by atoms with Gasteiger partial charge in [0.15, 0.2) is 0 Å². The summed E-state index contributed by atoms with van der Waals surface area (Å²) in [6, 6.07) is 44.2. The quantitative estimate of drug-likeness (QED) is 0.165. The number of rotatable bonds is 11. The lowest BCUT2D eigenvalue weighted by atomic mass is 9.65. The summed E-state index contributed by atoms with van der Waals surface area (Å²) in [5.74, 6) is -0.355. The first-order chi connectivity index (χ1) is 20.8. The zero-order valence-corrected chi connectivity index (χ0v) is 26.2. The van der Waals surface area contributed by atoms with Gasteiger partial charge < -0.3 is 4.90 Å². The number of nitrogens with zero attached hydrogens (tertiary/aromatic N) is 3. The molecular formula is C38H40ClN3O. The topological polar surface area (TPSA) is 67.9 Å². The molecular weight excluding hydrogens is 550 g/mol. The summed E-state index contributed by atoms with van der Waals surface area (Å²) in [7, 11) is 4.14. The van der Waals surface area contributed by atoms with E-state index in [2.05, 4.69) is 62.3 Å². The van der Waals surface area contributed by atoms with Crippen molar-refractivity contribution in [2.24, 2.45) is 11.8 Å². The third-order valence-electron chi connectivity index (χ3n) is 8.16. The van der Waals surface area contributed by atoms with Crippen LogP contribution >= 0.6 is 11.6 Å². The summed E-state index contributed by atoms with van der Waals surface area (Å²) >= 11 is 5.82. The highest BCUT2D eigenvalue weighted by Crippen LogP contribution is 2.42. The molecule has 0 aliphatic heterocycles. The first-order valence-corrected chi connectivity index (χ1v) is 15.1. The lowest BCUT2D eigenvalue weighted by Gasteiger charge is -2.37. The Morgan fingerprint density at radius 3 is 1.21 bits per heavy atom. The number of nitriles is 2. The predicted octanol–water partition coefficient (Wildman–Crippen LogP) is 8.37. The lowest BCUT2D eigenvalue weighted by molar-refractivity contribution is -0.116. The molecule has 2 atom stereocenters. The number of benzene rings is 4. The third-order valence-corrected chi connectivity index (χ3v) is 8.43. The zero-order chi connectivity index (χ0) is 31.3. The Morgan fingerprint density at radius 2 is 0.977 bits per heavy atom. The summed E-state index contributed by atoms with van der Waals surface area (Å²) in [5.41, 5.74) is 2.08. The molecule has 4 rings (SSSR count). The molecule has 0 N–H and O–H groups in total. The normalized spacial score (nSPS) is 12.7. The Kier molecular flexibility index (Phi) is 12.3. The van der Waals surface area contributed by atoms with Crippen LogP contribution in [0.25, 0.3) is 0 Å². The smallest absolute Gasteiger partial charge is 0.227 e. The Hall–Kier alpha value is -4.22. The number of hydrogen-bond acceptors (Lipinski definition) is 4. The van der Waals surface area contributed by atoms with Crippen LogP contribution in [0.5, 0.6) is 0 Å². The number of hydrogen-bond donors (Lipinski definition) is 0. The van der Waals surface area contributed by atoms with Gasteiger partial charge in [0.2, 0.25) is 5.24 Å². The summed E-state index contributed by atoms with van der Waals surface area (Å²) in [4.78, 5) is 14.1. The van der Waals surface area contributed by atoms with E-state index in [0.717, 1.165) is 35.2 Å². The van der Waals surface area contributed by atoms with Crippen molar-refractivity contribution in [2.75, 3.05) is 20.6 Å². The van der Waals surface area contributed by atoms with Crippen molar-refractivity contribution in [1.82, 2.24) is 4.90 Å². The predicted molar refractivity (Wildman–Crippen MR) is 176 cm³/mol. The molecule has 0 fully saturated rings. The highest BCUT2D eigenvalue weighted by Gasteiger charge is 2.45. The highest BCUT2D eigenvalue weighted by atomic mass is 35.5. The first-order valence-electron chi connectivity index (χ1n) is 14.7. The standard InChI is InChI=1S/C20H24N2.C18H16ClNO/c1-4-17(15-22(2)3)20(16-21,18-11-7-5-8-12-18)19-13-9-6-10-14-19;1-2-16(17(19)21)18(13-20,14-9-5-3-6-10-14)15-11-7-4-8-12-15/h5-14,17H,4,15H2,1-3H3;3-12,16H,2H2,1H3. The van der Waals surface area contributed by atoms with Gasteiger partial charge in [0.1, 0.15) is 10.8 Å². The molecule has 0 saturated heterocycles. The van der Waals surface area contributed by atoms with Crippen molar-refractivity contribution in [2.45, 2.75) is 37.5 Å². The Bertz CT molecular complexity index is 1410. The third kappa shape index (κ3) is 7.23. The van der Waals surface area contributed by atoms with E-state index in [1.807, 2.05) is 104 Å². The molecule has 0 aliphatic carbocycles. The molecule has 5 heteroatoms. The minimum Gasteiger partial charge on any atom is -0.309 e. The molecule has 0 aliphatic rings. The van der Waals surface area contributed by atoms with Crippen molar-refractivity contribution in [3.8, 4) is 12.1 Å². The van der Waals surface area contributed by atoms with Gasteiger partial charge >= 0.3 is 0 Å². The van der Waals surface area contributed by atoms with Crippen LogP contribution in [0.3, 0.4) is 0 Å². The van der Waals surface area contributed by atoms with E-state index in [1.165, 1.54) is 0 Å².